The highest BCUT2D eigenvalue weighted by Crippen LogP contribution is 2.16. The number of halogens is 1. The molecule has 10 heteroatoms. The van der Waals surface area contributed by atoms with Gasteiger partial charge in [0.2, 0.25) is 16.8 Å². The van der Waals surface area contributed by atoms with Crippen LogP contribution in [0.5, 0.6) is 0 Å². The quantitative estimate of drug-likeness (QED) is 0.426. The SMILES string of the molecule is COC(=O)c1ccc(CN(CCc2cccc(CN3CCN(C(C)=O)CC3)c2)[SH](=O)=O)c(F)c1. The molecule has 1 heterocycles. The Morgan fingerprint density at radius 3 is 2.38 bits per heavy atom. The number of benzene rings is 2. The van der Waals surface area contributed by atoms with Crippen LogP contribution in [0.1, 0.15) is 34.0 Å². The van der Waals surface area contributed by atoms with Gasteiger partial charge >= 0.3 is 5.97 Å². The number of carbonyl (C=O) groups excluding carboxylic acids is 2. The molecule has 1 saturated heterocycles. The van der Waals surface area contributed by atoms with Crippen LogP contribution in [0.25, 0.3) is 0 Å². The van der Waals surface area contributed by atoms with Crippen molar-refractivity contribution in [2.75, 3.05) is 39.8 Å². The molecule has 3 rings (SSSR count). The van der Waals surface area contributed by atoms with E-state index in [1.807, 2.05) is 23.1 Å². The van der Waals surface area contributed by atoms with Crippen LogP contribution in [-0.2, 0) is 39.9 Å². The predicted octanol–water partition coefficient (Wildman–Crippen LogP) is 1.85. The number of hydrogen-bond donors (Lipinski definition) is 1. The number of piperazine rings is 1. The summed E-state index contributed by atoms with van der Waals surface area (Å²) in [5, 5.41) is 0. The number of nitrogens with zero attached hydrogens (tertiary/aromatic N) is 3. The van der Waals surface area contributed by atoms with Gasteiger partial charge in [0.15, 0.2) is 0 Å². The molecular weight excluding hydrogens is 461 g/mol. The van der Waals surface area contributed by atoms with Gasteiger partial charge in [0.25, 0.3) is 0 Å². The summed E-state index contributed by atoms with van der Waals surface area (Å²) in [6.45, 7) is 5.50. The molecule has 0 atom stereocenters. The standard InChI is InChI=1S/C24H30FN3O5S/c1-18(29)27-12-10-26(11-13-27)16-20-5-3-4-19(14-20)8-9-28(34(31)32)17-22-7-6-21(15-23(22)25)24(30)33-2/h3-7,14-15,34H,8-13,16-17H2,1-2H3. The first-order valence-electron chi connectivity index (χ1n) is 11.1. The number of methoxy groups -OCH3 is 1. The lowest BCUT2D eigenvalue weighted by Gasteiger charge is -2.34. The van der Waals surface area contributed by atoms with Crippen molar-refractivity contribution in [3.05, 3.63) is 70.5 Å². The van der Waals surface area contributed by atoms with Gasteiger partial charge < -0.3 is 9.64 Å². The van der Waals surface area contributed by atoms with Gasteiger partial charge in [0, 0.05) is 58.3 Å². The van der Waals surface area contributed by atoms with Crippen LogP contribution < -0.4 is 0 Å². The molecule has 34 heavy (non-hydrogen) atoms. The van der Waals surface area contributed by atoms with E-state index in [-0.39, 0.29) is 30.1 Å². The second-order valence-electron chi connectivity index (χ2n) is 8.28. The summed E-state index contributed by atoms with van der Waals surface area (Å²) in [4.78, 5) is 27.2. The van der Waals surface area contributed by atoms with E-state index in [4.69, 9.17) is 0 Å². The summed E-state index contributed by atoms with van der Waals surface area (Å²) in [5.74, 6) is -1.21. The van der Waals surface area contributed by atoms with Crippen molar-refractivity contribution in [3.63, 3.8) is 0 Å². The van der Waals surface area contributed by atoms with Gasteiger partial charge in [-0.2, -0.15) is 4.31 Å². The van der Waals surface area contributed by atoms with E-state index in [1.165, 1.54) is 23.5 Å². The predicted molar refractivity (Wildman–Crippen MR) is 126 cm³/mol. The van der Waals surface area contributed by atoms with Crippen molar-refractivity contribution >= 4 is 22.8 Å². The fourth-order valence-electron chi connectivity index (χ4n) is 3.96. The molecule has 0 radical (unpaired) electrons. The number of rotatable bonds is 9. The monoisotopic (exact) mass is 491 g/mol. The summed E-state index contributed by atoms with van der Waals surface area (Å²) in [6, 6.07) is 11.9. The van der Waals surface area contributed by atoms with Crippen molar-refractivity contribution in [3.8, 4) is 0 Å². The Kier molecular flexibility index (Phi) is 9.14. The molecule has 2 aromatic carbocycles. The topological polar surface area (TPSA) is 87.2 Å². The van der Waals surface area contributed by atoms with Gasteiger partial charge in [-0.05, 0) is 29.7 Å². The lowest BCUT2D eigenvalue weighted by atomic mass is 10.1. The summed E-state index contributed by atoms with van der Waals surface area (Å²) in [6.07, 6.45) is 0.483. The molecule has 0 spiro atoms. The first kappa shape index (κ1) is 25.8. The summed E-state index contributed by atoms with van der Waals surface area (Å²) >= 11 is 0. The molecule has 1 fully saturated rings. The number of ether oxygens (including phenoxy) is 1. The molecule has 0 unspecified atom stereocenters. The van der Waals surface area contributed by atoms with E-state index >= 15 is 0 Å². The first-order chi connectivity index (χ1) is 16.3. The lowest BCUT2D eigenvalue weighted by molar-refractivity contribution is -0.130. The largest absolute Gasteiger partial charge is 0.465 e. The van der Waals surface area contributed by atoms with Gasteiger partial charge in [0.1, 0.15) is 5.82 Å². The highest BCUT2D eigenvalue weighted by atomic mass is 32.2. The van der Waals surface area contributed by atoms with Crippen LogP contribution in [0.2, 0.25) is 0 Å². The zero-order valence-electron chi connectivity index (χ0n) is 19.4. The van der Waals surface area contributed by atoms with E-state index < -0.39 is 22.7 Å². The molecule has 184 valence electrons. The van der Waals surface area contributed by atoms with Crippen LogP contribution in [-0.4, -0.2) is 74.2 Å². The Hall–Kier alpha value is -2.82. The summed E-state index contributed by atoms with van der Waals surface area (Å²) in [5.41, 5.74) is 2.37. The maximum atomic E-state index is 14.4. The Balaban J connectivity index is 1.59. The Labute approximate surface area is 201 Å². The number of hydrogen-bond acceptors (Lipinski definition) is 6. The third kappa shape index (κ3) is 7.09. The molecule has 0 saturated carbocycles. The minimum absolute atomic E-state index is 0.0707. The molecule has 1 amide bonds. The number of amides is 1. The lowest BCUT2D eigenvalue weighted by Crippen LogP contribution is -2.47. The smallest absolute Gasteiger partial charge is 0.337 e. The van der Waals surface area contributed by atoms with E-state index in [0.717, 1.165) is 49.9 Å². The van der Waals surface area contributed by atoms with E-state index in [9.17, 15) is 22.4 Å². The number of carbonyl (C=O) groups is 2. The Morgan fingerprint density at radius 2 is 1.76 bits per heavy atom. The van der Waals surface area contributed by atoms with Crippen LogP contribution in [0.3, 0.4) is 0 Å². The minimum atomic E-state index is -2.92. The van der Waals surface area contributed by atoms with E-state index in [1.54, 1.807) is 6.92 Å². The van der Waals surface area contributed by atoms with Gasteiger partial charge in [-0.1, -0.05) is 30.3 Å². The van der Waals surface area contributed by atoms with Crippen molar-refractivity contribution in [2.24, 2.45) is 0 Å². The summed E-state index contributed by atoms with van der Waals surface area (Å²) in [7, 11) is -1.71. The van der Waals surface area contributed by atoms with Crippen molar-refractivity contribution in [1.82, 2.24) is 14.1 Å². The van der Waals surface area contributed by atoms with Gasteiger partial charge in [-0.15, -0.1) is 0 Å². The maximum absolute atomic E-state index is 14.4. The number of esters is 1. The molecule has 0 aliphatic carbocycles. The minimum Gasteiger partial charge on any atom is -0.465 e. The third-order valence-corrected chi connectivity index (χ3v) is 6.74. The molecule has 0 aromatic heterocycles. The van der Waals surface area contributed by atoms with Crippen molar-refractivity contribution < 1.29 is 27.1 Å². The third-order valence-electron chi connectivity index (χ3n) is 5.93. The van der Waals surface area contributed by atoms with Crippen LogP contribution in [0.4, 0.5) is 4.39 Å². The fraction of sp³-hybridized carbons (Fsp3) is 0.417. The average Bonchev–Trinajstić information content (AvgIpc) is 2.82. The normalized spacial score (nSPS) is 14.6. The zero-order chi connectivity index (χ0) is 24.7. The molecular formula is C24H30FN3O5S. The summed E-state index contributed by atoms with van der Waals surface area (Å²) < 4.78 is 43.8. The Bertz CT molecular complexity index is 1090. The Morgan fingerprint density at radius 1 is 1.06 bits per heavy atom. The van der Waals surface area contributed by atoms with E-state index in [2.05, 4.69) is 15.7 Å². The van der Waals surface area contributed by atoms with Gasteiger partial charge in [-0.3, -0.25) is 9.69 Å². The maximum Gasteiger partial charge on any atom is 0.337 e. The molecule has 1 aliphatic heterocycles. The highest BCUT2D eigenvalue weighted by Gasteiger charge is 2.19. The van der Waals surface area contributed by atoms with Gasteiger partial charge in [-0.25, -0.2) is 17.6 Å². The molecule has 1 aliphatic rings. The van der Waals surface area contributed by atoms with Crippen LogP contribution in [0.15, 0.2) is 42.5 Å². The molecule has 2 aromatic rings. The highest BCUT2D eigenvalue weighted by molar-refractivity contribution is 7.69. The zero-order valence-corrected chi connectivity index (χ0v) is 20.3. The number of thiol groups is 1. The second kappa shape index (κ2) is 12.0. The molecule has 0 bridgehead atoms. The van der Waals surface area contributed by atoms with Crippen molar-refractivity contribution in [2.45, 2.75) is 26.4 Å². The van der Waals surface area contributed by atoms with Crippen LogP contribution >= 0.6 is 0 Å². The second-order valence-corrected chi connectivity index (χ2v) is 9.32. The van der Waals surface area contributed by atoms with E-state index in [0.29, 0.717) is 6.42 Å². The molecule has 8 nitrogen and oxygen atoms in total. The van der Waals surface area contributed by atoms with Crippen LogP contribution in [0, 0.1) is 5.82 Å². The van der Waals surface area contributed by atoms with Crippen molar-refractivity contribution in [1.29, 1.82) is 0 Å². The van der Waals surface area contributed by atoms with Gasteiger partial charge in [0.05, 0.1) is 12.7 Å². The molecule has 0 N–H and O–H groups in total. The first-order valence-corrected chi connectivity index (χ1v) is 12.2. The average molecular weight is 492 g/mol. The fourth-order valence-corrected chi connectivity index (χ4v) is 4.49.